The molecule has 0 spiro atoms. The number of hydrazone groups is 1. The van der Waals surface area contributed by atoms with Crippen LogP contribution in [0.5, 0.6) is 0 Å². The Hall–Kier alpha value is -1.23. The molecule has 1 aliphatic rings. The number of nitrogens with one attached hydrogen (secondary N) is 1. The molecule has 1 aliphatic heterocycles. The molecule has 1 aromatic rings. The van der Waals surface area contributed by atoms with Crippen molar-refractivity contribution in [3.05, 3.63) is 10.6 Å². The number of nitrogens with zero attached hydrogens (tertiary/aromatic N) is 3. The van der Waals surface area contributed by atoms with E-state index in [1.807, 2.05) is 0 Å². The van der Waals surface area contributed by atoms with E-state index in [1.165, 1.54) is 21.9 Å². The molecular formula is C4H5AsN4O3. The van der Waals surface area contributed by atoms with Gasteiger partial charge in [-0.1, -0.05) is 0 Å². The van der Waals surface area contributed by atoms with Crippen molar-refractivity contribution in [1.29, 1.82) is 0 Å². The van der Waals surface area contributed by atoms with Crippen molar-refractivity contribution >= 4 is 27.6 Å². The second-order valence-electron chi connectivity index (χ2n) is 2.01. The summed E-state index contributed by atoms with van der Waals surface area (Å²) in [6.45, 7) is 0.237. The summed E-state index contributed by atoms with van der Waals surface area (Å²) in [5.74, 6) is -0.602. The van der Waals surface area contributed by atoms with Crippen LogP contribution in [0.1, 0.15) is 0 Å². The van der Waals surface area contributed by atoms with Gasteiger partial charge in [0.1, 0.15) is 0 Å². The molecule has 0 aromatic carbocycles. The standard InChI is InChI=1S/C4H5AsN4O3/c5-2-8-9(1-11-2)3-6-7-4(10)12-3/h1,5H2,(H,7,10). The first-order chi connectivity index (χ1) is 5.75. The summed E-state index contributed by atoms with van der Waals surface area (Å²) in [6, 6.07) is 0.118. The Morgan fingerprint density at radius 1 is 1.67 bits per heavy atom. The Balaban J connectivity index is 2.27. The Kier molecular flexibility index (Phi) is 1.65. The number of hydrogen-bond acceptors (Lipinski definition) is 6. The molecule has 7 nitrogen and oxygen atoms in total. The van der Waals surface area contributed by atoms with Gasteiger partial charge in [-0.05, 0) is 0 Å². The Labute approximate surface area is 74.9 Å². The number of ether oxygens (including phenoxy) is 1. The van der Waals surface area contributed by atoms with Crippen molar-refractivity contribution in [3.63, 3.8) is 0 Å². The molecule has 0 radical (unpaired) electrons. The molecule has 0 fully saturated rings. The topological polar surface area (TPSA) is 83.7 Å². The van der Waals surface area contributed by atoms with Gasteiger partial charge in [-0.25, -0.2) is 0 Å². The first kappa shape index (κ1) is 7.42. The third-order valence-corrected chi connectivity index (χ3v) is 1.79. The molecular weight excluding hydrogens is 227 g/mol. The van der Waals surface area contributed by atoms with Crippen LogP contribution in [-0.2, 0) is 4.74 Å². The molecule has 64 valence electrons. The van der Waals surface area contributed by atoms with Crippen LogP contribution in [0.15, 0.2) is 14.3 Å². The van der Waals surface area contributed by atoms with Gasteiger partial charge >= 0.3 is 74.3 Å². The summed E-state index contributed by atoms with van der Waals surface area (Å²) in [4.78, 5) is 10.5. The third-order valence-electron chi connectivity index (χ3n) is 1.20. The summed E-state index contributed by atoms with van der Waals surface area (Å²) in [5, 5.41) is 11.0. The molecule has 12 heavy (non-hydrogen) atoms. The molecule has 0 aliphatic carbocycles. The SMILES string of the molecule is O=c1[nH]nc(N2COC([AsH2])=N2)o1. The number of anilines is 1. The Morgan fingerprint density at radius 2 is 2.50 bits per heavy atom. The first-order valence-corrected chi connectivity index (χ1v) is 4.27. The third kappa shape index (κ3) is 1.23. The zero-order chi connectivity index (χ0) is 8.55. The Morgan fingerprint density at radius 3 is 3.00 bits per heavy atom. The number of aromatic nitrogens is 2. The van der Waals surface area contributed by atoms with Crippen LogP contribution >= 0.6 is 0 Å². The van der Waals surface area contributed by atoms with Crippen molar-refractivity contribution in [1.82, 2.24) is 10.2 Å². The van der Waals surface area contributed by atoms with Gasteiger partial charge in [0.25, 0.3) is 0 Å². The fourth-order valence-corrected chi connectivity index (χ4v) is 1.18. The van der Waals surface area contributed by atoms with E-state index >= 15 is 0 Å². The summed E-state index contributed by atoms with van der Waals surface area (Å²) < 4.78 is 10.2. The van der Waals surface area contributed by atoms with Crippen LogP contribution in [0.25, 0.3) is 0 Å². The molecule has 2 rings (SSSR count). The predicted octanol–water partition coefficient (Wildman–Crippen LogP) is -1.94. The number of rotatable bonds is 1. The van der Waals surface area contributed by atoms with Gasteiger partial charge in [0, 0.05) is 0 Å². The fourth-order valence-electron chi connectivity index (χ4n) is 0.734. The average Bonchev–Trinajstić information content (AvgIpc) is 2.58. The molecule has 8 heteroatoms. The quantitative estimate of drug-likeness (QED) is 0.569. The van der Waals surface area contributed by atoms with Gasteiger partial charge in [-0.3, -0.25) is 0 Å². The molecule has 1 N–H and O–H groups in total. The van der Waals surface area contributed by atoms with Crippen LogP contribution in [0, 0.1) is 0 Å². The molecule has 2 heterocycles. The number of hydrogen-bond donors (Lipinski definition) is 1. The van der Waals surface area contributed by atoms with Gasteiger partial charge in [0.15, 0.2) is 0 Å². The van der Waals surface area contributed by atoms with Gasteiger partial charge in [-0.2, -0.15) is 0 Å². The van der Waals surface area contributed by atoms with Crippen LogP contribution < -0.4 is 10.8 Å². The zero-order valence-electron chi connectivity index (χ0n) is 5.85. The van der Waals surface area contributed by atoms with Crippen molar-refractivity contribution < 1.29 is 9.15 Å². The van der Waals surface area contributed by atoms with Gasteiger partial charge in [-0.15, -0.1) is 0 Å². The zero-order valence-corrected chi connectivity index (χ0v) is 8.27. The van der Waals surface area contributed by atoms with Crippen LogP contribution in [-0.4, -0.2) is 38.5 Å². The van der Waals surface area contributed by atoms with Crippen molar-refractivity contribution in [2.75, 3.05) is 11.7 Å². The van der Waals surface area contributed by atoms with E-state index in [0.717, 1.165) is 0 Å². The van der Waals surface area contributed by atoms with Crippen molar-refractivity contribution in [3.8, 4) is 0 Å². The van der Waals surface area contributed by atoms with E-state index in [1.54, 1.807) is 0 Å². The van der Waals surface area contributed by atoms with Crippen LogP contribution in [0.3, 0.4) is 0 Å². The predicted molar refractivity (Wildman–Crippen MR) is 41.5 cm³/mol. The van der Waals surface area contributed by atoms with Gasteiger partial charge < -0.3 is 0 Å². The van der Waals surface area contributed by atoms with Gasteiger partial charge in [0.05, 0.1) is 0 Å². The summed E-state index contributed by atoms with van der Waals surface area (Å²) in [5.41, 5.74) is 0. The fraction of sp³-hybridized carbons (Fsp3) is 0.250. The van der Waals surface area contributed by atoms with Crippen molar-refractivity contribution in [2.24, 2.45) is 5.10 Å². The average molecular weight is 232 g/mol. The second kappa shape index (κ2) is 2.67. The molecule has 0 bridgehead atoms. The first-order valence-electron chi connectivity index (χ1n) is 3.05. The molecule has 0 amide bonds. The maximum absolute atomic E-state index is 10.5. The monoisotopic (exact) mass is 232 g/mol. The van der Waals surface area contributed by atoms with Crippen LogP contribution in [0.4, 0.5) is 6.01 Å². The van der Waals surface area contributed by atoms with E-state index in [2.05, 4.69) is 19.7 Å². The molecule has 0 saturated carbocycles. The second-order valence-corrected chi connectivity index (χ2v) is 3.04. The van der Waals surface area contributed by atoms with Crippen LogP contribution in [0.2, 0.25) is 0 Å². The summed E-state index contributed by atoms with van der Waals surface area (Å²) in [6.07, 6.45) is 0. The summed E-state index contributed by atoms with van der Waals surface area (Å²) in [7, 11) is 0. The van der Waals surface area contributed by atoms with E-state index in [-0.39, 0.29) is 12.7 Å². The van der Waals surface area contributed by atoms with E-state index in [0.29, 0.717) is 4.69 Å². The Bertz CT molecular complexity index is 368. The maximum atomic E-state index is 10.5. The minimum atomic E-state index is -0.602. The number of H-pyrrole nitrogens is 1. The molecule has 1 unspecified atom stereocenters. The summed E-state index contributed by atoms with van der Waals surface area (Å²) >= 11 is 1.26. The molecule has 1 aromatic heterocycles. The van der Waals surface area contributed by atoms with E-state index in [9.17, 15) is 4.79 Å². The molecule has 1 atom stereocenters. The van der Waals surface area contributed by atoms with E-state index in [4.69, 9.17) is 4.74 Å². The van der Waals surface area contributed by atoms with E-state index < -0.39 is 5.76 Å². The van der Waals surface area contributed by atoms with Crippen molar-refractivity contribution in [2.45, 2.75) is 0 Å². The molecule has 0 saturated heterocycles. The van der Waals surface area contributed by atoms with Gasteiger partial charge in [0.2, 0.25) is 0 Å². The normalized spacial score (nSPS) is 16.1. The minimum absolute atomic E-state index is 0.118. The number of aromatic amines is 1.